The van der Waals surface area contributed by atoms with E-state index in [1.807, 2.05) is 0 Å². The van der Waals surface area contributed by atoms with Gasteiger partial charge >= 0.3 is 0 Å². The summed E-state index contributed by atoms with van der Waals surface area (Å²) in [5.74, 6) is -0.207. The first-order chi connectivity index (χ1) is 8.75. The number of nitrogens with two attached hydrogens (primary N) is 1. The molecule has 19 heavy (non-hydrogen) atoms. The molecular formula is C10H15BrN4O3S. The van der Waals surface area contributed by atoms with Gasteiger partial charge in [0.15, 0.2) is 5.84 Å². The minimum absolute atomic E-state index is 0.00714. The second kappa shape index (κ2) is 5.85. The Kier molecular flexibility index (Phi) is 4.88. The minimum atomic E-state index is -3.82. The van der Waals surface area contributed by atoms with Gasteiger partial charge in [-0.15, -0.1) is 0 Å². The topological polar surface area (TPSA) is 118 Å². The highest BCUT2D eigenvalue weighted by molar-refractivity contribution is 9.10. The first kappa shape index (κ1) is 15.9. The lowest BCUT2D eigenvalue weighted by atomic mass is 10.00. The number of oxime groups is 1. The number of pyridine rings is 1. The number of amidine groups is 1. The van der Waals surface area contributed by atoms with Gasteiger partial charge in [-0.25, -0.2) is 8.42 Å². The lowest BCUT2D eigenvalue weighted by molar-refractivity contribution is 0.310. The van der Waals surface area contributed by atoms with Crippen LogP contribution in [0.3, 0.4) is 0 Å². The molecule has 0 radical (unpaired) electrons. The van der Waals surface area contributed by atoms with E-state index in [9.17, 15) is 8.42 Å². The lowest BCUT2D eigenvalue weighted by Gasteiger charge is -2.27. The Morgan fingerprint density at radius 3 is 2.74 bits per heavy atom. The van der Waals surface area contributed by atoms with Crippen molar-refractivity contribution in [2.75, 3.05) is 0 Å². The summed E-state index contributed by atoms with van der Waals surface area (Å²) in [6.45, 7) is 3.25. The van der Waals surface area contributed by atoms with Crippen LogP contribution in [0.2, 0.25) is 0 Å². The van der Waals surface area contributed by atoms with E-state index in [4.69, 9.17) is 10.9 Å². The number of nitrogens with zero attached hydrogens (tertiary/aromatic N) is 2. The van der Waals surface area contributed by atoms with Crippen molar-refractivity contribution in [1.29, 1.82) is 0 Å². The van der Waals surface area contributed by atoms with Crippen molar-refractivity contribution in [2.45, 2.75) is 30.7 Å². The van der Waals surface area contributed by atoms with Crippen LogP contribution in [0.25, 0.3) is 0 Å². The maximum Gasteiger partial charge on any atom is 0.243 e. The Bertz CT molecular complexity index is 590. The fourth-order valence-electron chi connectivity index (χ4n) is 1.31. The molecule has 0 aromatic carbocycles. The molecule has 0 aliphatic rings. The molecule has 1 aromatic heterocycles. The molecule has 1 heterocycles. The smallest absolute Gasteiger partial charge is 0.243 e. The van der Waals surface area contributed by atoms with Crippen molar-refractivity contribution in [2.24, 2.45) is 10.9 Å². The van der Waals surface area contributed by atoms with Crippen LogP contribution in [0.4, 0.5) is 0 Å². The van der Waals surface area contributed by atoms with Crippen molar-refractivity contribution in [3.05, 3.63) is 22.9 Å². The molecule has 1 rings (SSSR count). The van der Waals surface area contributed by atoms with Crippen LogP contribution in [0.5, 0.6) is 0 Å². The summed E-state index contributed by atoms with van der Waals surface area (Å²) in [6.07, 6.45) is 3.01. The second-order valence-corrected chi connectivity index (χ2v) is 6.71. The number of halogens is 1. The van der Waals surface area contributed by atoms with Gasteiger partial charge in [-0.2, -0.15) is 4.72 Å². The van der Waals surface area contributed by atoms with Gasteiger partial charge in [0, 0.05) is 16.9 Å². The molecule has 1 atom stereocenters. The number of aromatic nitrogens is 1. The quantitative estimate of drug-likeness (QED) is 0.317. The summed E-state index contributed by atoms with van der Waals surface area (Å²) in [5, 5.41) is 11.6. The zero-order chi connectivity index (χ0) is 14.7. The third-order valence-corrected chi connectivity index (χ3v) is 4.73. The van der Waals surface area contributed by atoms with Crippen LogP contribution >= 0.6 is 15.9 Å². The molecule has 0 aliphatic heterocycles. The fraction of sp³-hybridized carbons (Fsp3) is 0.400. The van der Waals surface area contributed by atoms with Crippen molar-refractivity contribution < 1.29 is 13.6 Å². The molecule has 0 spiro atoms. The second-order valence-electron chi connectivity index (χ2n) is 4.12. The van der Waals surface area contributed by atoms with Gasteiger partial charge in [-0.05, 0) is 35.3 Å². The lowest BCUT2D eigenvalue weighted by Crippen LogP contribution is -2.54. The average molecular weight is 351 g/mol. The minimum Gasteiger partial charge on any atom is -0.409 e. The Labute approximate surface area is 120 Å². The summed E-state index contributed by atoms with van der Waals surface area (Å²) in [4.78, 5) is 3.79. The highest BCUT2D eigenvalue weighted by atomic mass is 79.9. The Morgan fingerprint density at radius 2 is 2.26 bits per heavy atom. The molecule has 1 aromatic rings. The number of sulfonamides is 1. The van der Waals surface area contributed by atoms with E-state index in [1.54, 1.807) is 6.92 Å². The third kappa shape index (κ3) is 3.64. The monoisotopic (exact) mass is 350 g/mol. The summed E-state index contributed by atoms with van der Waals surface area (Å²) in [5.41, 5.74) is 4.35. The number of hydrogen-bond acceptors (Lipinski definition) is 5. The van der Waals surface area contributed by atoms with Gasteiger partial charge in [-0.1, -0.05) is 12.1 Å². The fourth-order valence-corrected chi connectivity index (χ4v) is 3.27. The van der Waals surface area contributed by atoms with E-state index in [1.165, 1.54) is 25.4 Å². The number of rotatable bonds is 5. The molecule has 1 unspecified atom stereocenters. The Morgan fingerprint density at radius 1 is 1.63 bits per heavy atom. The molecule has 7 nitrogen and oxygen atoms in total. The largest absolute Gasteiger partial charge is 0.409 e. The van der Waals surface area contributed by atoms with Gasteiger partial charge in [0.2, 0.25) is 10.0 Å². The number of nitrogens with one attached hydrogen (secondary N) is 1. The molecular weight excluding hydrogens is 336 g/mol. The zero-order valence-electron chi connectivity index (χ0n) is 10.5. The van der Waals surface area contributed by atoms with E-state index in [0.29, 0.717) is 10.9 Å². The molecule has 0 bridgehead atoms. The molecule has 0 fully saturated rings. The van der Waals surface area contributed by atoms with Crippen LogP contribution < -0.4 is 10.5 Å². The van der Waals surface area contributed by atoms with E-state index >= 15 is 0 Å². The maximum atomic E-state index is 12.2. The van der Waals surface area contributed by atoms with Crippen molar-refractivity contribution >= 4 is 31.8 Å². The molecule has 0 amide bonds. The molecule has 106 valence electrons. The van der Waals surface area contributed by atoms with Gasteiger partial charge in [-0.3, -0.25) is 4.98 Å². The molecule has 0 saturated carbocycles. The van der Waals surface area contributed by atoms with Crippen molar-refractivity contribution in [1.82, 2.24) is 9.71 Å². The molecule has 9 heteroatoms. The normalized spacial score (nSPS) is 16.1. The maximum absolute atomic E-state index is 12.2. The van der Waals surface area contributed by atoms with E-state index in [2.05, 4.69) is 30.8 Å². The highest BCUT2D eigenvalue weighted by Crippen LogP contribution is 2.18. The van der Waals surface area contributed by atoms with E-state index in [-0.39, 0.29) is 10.7 Å². The van der Waals surface area contributed by atoms with Crippen LogP contribution in [0, 0.1) is 0 Å². The van der Waals surface area contributed by atoms with Crippen LogP contribution in [0.1, 0.15) is 20.3 Å². The third-order valence-electron chi connectivity index (χ3n) is 2.73. The van der Waals surface area contributed by atoms with Gasteiger partial charge in [0.1, 0.15) is 4.90 Å². The van der Waals surface area contributed by atoms with Crippen LogP contribution in [0.15, 0.2) is 33.0 Å². The standard InChI is InChI=1S/C10H15BrN4O3S/c1-3-10(2,9(12)14-16)15-19(17,18)8-4-7(11)5-13-6-8/h4-6,15-16H,3H2,1-2H3,(H2,12,14). The summed E-state index contributed by atoms with van der Waals surface area (Å²) < 4.78 is 27.4. The van der Waals surface area contributed by atoms with Gasteiger partial charge in [0.25, 0.3) is 0 Å². The van der Waals surface area contributed by atoms with Crippen molar-refractivity contribution in [3.8, 4) is 0 Å². The predicted molar refractivity (Wildman–Crippen MR) is 74.4 cm³/mol. The molecule has 4 N–H and O–H groups in total. The zero-order valence-corrected chi connectivity index (χ0v) is 12.9. The Hall–Kier alpha value is -1.19. The first-order valence-corrected chi connectivity index (χ1v) is 7.65. The summed E-state index contributed by atoms with van der Waals surface area (Å²) >= 11 is 3.15. The summed E-state index contributed by atoms with van der Waals surface area (Å²) in [7, 11) is -3.82. The SMILES string of the molecule is CCC(C)(NS(=O)(=O)c1cncc(Br)c1)C(N)=NO. The highest BCUT2D eigenvalue weighted by Gasteiger charge is 2.33. The van der Waals surface area contributed by atoms with E-state index in [0.717, 1.165) is 0 Å². The van der Waals surface area contributed by atoms with Gasteiger partial charge < -0.3 is 10.9 Å². The first-order valence-electron chi connectivity index (χ1n) is 5.37. The van der Waals surface area contributed by atoms with Gasteiger partial charge in [0.05, 0.1) is 5.54 Å². The van der Waals surface area contributed by atoms with E-state index < -0.39 is 15.6 Å². The molecule has 0 saturated heterocycles. The average Bonchev–Trinajstić information content (AvgIpc) is 2.37. The predicted octanol–water partition coefficient (Wildman–Crippen LogP) is 1.04. The van der Waals surface area contributed by atoms with Crippen LogP contribution in [-0.2, 0) is 10.0 Å². The summed E-state index contributed by atoms with van der Waals surface area (Å²) in [6, 6.07) is 1.41. The van der Waals surface area contributed by atoms with Crippen LogP contribution in [-0.4, -0.2) is 30.0 Å². The van der Waals surface area contributed by atoms with Crippen molar-refractivity contribution in [3.63, 3.8) is 0 Å². The number of hydrogen-bond donors (Lipinski definition) is 3. The Balaban J connectivity index is 3.16. The molecule has 0 aliphatic carbocycles.